The largest absolute Gasteiger partial charge is 0.490 e. The number of unbranched alkanes of at least 4 members (excludes halogenated alkanes) is 1. The Bertz CT molecular complexity index is 305. The first-order valence-corrected chi connectivity index (χ1v) is 6.24. The maximum absolute atomic E-state index is 5.73. The molecule has 0 aliphatic carbocycles. The van der Waals surface area contributed by atoms with Gasteiger partial charge in [-0.25, -0.2) is 0 Å². The highest BCUT2D eigenvalue weighted by molar-refractivity contribution is 5.11. The zero-order valence-corrected chi connectivity index (χ0v) is 9.98. The Labute approximate surface area is 97.0 Å². The lowest BCUT2D eigenvalue weighted by Crippen LogP contribution is -2.15. The predicted molar refractivity (Wildman–Crippen MR) is 63.6 cm³/mol. The maximum Gasteiger partial charge on any atom is 0.157 e. The van der Waals surface area contributed by atoms with E-state index in [2.05, 4.69) is 17.3 Å². The minimum absolute atomic E-state index is 0.666. The fourth-order valence-corrected chi connectivity index (χ4v) is 1.93. The Morgan fingerprint density at radius 3 is 3.31 bits per heavy atom. The zero-order valence-electron chi connectivity index (χ0n) is 9.98. The number of rotatable bonds is 6. The topological polar surface area (TPSA) is 39.1 Å². The van der Waals surface area contributed by atoms with Crippen LogP contribution >= 0.6 is 0 Å². The molecule has 0 spiro atoms. The third-order valence-corrected chi connectivity index (χ3v) is 3.00. The highest BCUT2D eigenvalue weighted by Crippen LogP contribution is 2.13. The molecule has 0 amide bonds. The molecule has 1 fully saturated rings. The number of hydrogen-bond donors (Lipinski definition) is 1. The van der Waals surface area contributed by atoms with Crippen LogP contribution in [0.1, 0.15) is 26.2 Å². The van der Waals surface area contributed by atoms with Crippen molar-refractivity contribution in [1.29, 1.82) is 0 Å². The molecule has 0 bridgehead atoms. The number of aryl methyl sites for hydroxylation is 1. The van der Waals surface area contributed by atoms with Gasteiger partial charge >= 0.3 is 0 Å². The molecule has 2 rings (SSSR count). The third-order valence-electron chi connectivity index (χ3n) is 3.00. The molecule has 4 nitrogen and oxygen atoms in total. The van der Waals surface area contributed by atoms with Crippen molar-refractivity contribution in [2.45, 2.75) is 32.7 Å². The average molecular weight is 223 g/mol. The normalized spacial score (nSPS) is 20.2. The first-order valence-electron chi connectivity index (χ1n) is 6.24. The molecule has 1 aliphatic heterocycles. The average Bonchev–Trinajstić information content (AvgIpc) is 2.95. The number of nitrogens with zero attached hydrogens (tertiary/aromatic N) is 2. The Morgan fingerprint density at radius 2 is 2.56 bits per heavy atom. The molecular formula is C12H21N3O. The van der Waals surface area contributed by atoms with Gasteiger partial charge in [-0.15, -0.1) is 0 Å². The van der Waals surface area contributed by atoms with Crippen LogP contribution in [0.5, 0.6) is 5.75 Å². The van der Waals surface area contributed by atoms with E-state index in [0.717, 1.165) is 32.0 Å². The molecule has 1 aliphatic rings. The lowest BCUT2D eigenvalue weighted by Gasteiger charge is -2.08. The van der Waals surface area contributed by atoms with Crippen molar-refractivity contribution in [2.75, 3.05) is 19.7 Å². The minimum atomic E-state index is 0.666. The van der Waals surface area contributed by atoms with Crippen LogP contribution in [0.4, 0.5) is 0 Å². The summed E-state index contributed by atoms with van der Waals surface area (Å²) in [6.07, 6.45) is 7.41. The van der Waals surface area contributed by atoms with Crippen LogP contribution in [0.25, 0.3) is 0 Å². The number of aromatic nitrogens is 2. The molecule has 0 radical (unpaired) electrons. The van der Waals surface area contributed by atoms with Crippen molar-refractivity contribution in [1.82, 2.24) is 15.1 Å². The van der Waals surface area contributed by atoms with Gasteiger partial charge in [0.25, 0.3) is 0 Å². The summed E-state index contributed by atoms with van der Waals surface area (Å²) >= 11 is 0. The van der Waals surface area contributed by atoms with E-state index in [1.54, 1.807) is 0 Å². The molecule has 0 saturated carbocycles. The van der Waals surface area contributed by atoms with Gasteiger partial charge in [0.05, 0.1) is 19.0 Å². The molecule has 1 unspecified atom stereocenters. The monoisotopic (exact) mass is 223 g/mol. The van der Waals surface area contributed by atoms with E-state index < -0.39 is 0 Å². The summed E-state index contributed by atoms with van der Waals surface area (Å²) in [7, 11) is 0. The van der Waals surface area contributed by atoms with Crippen LogP contribution < -0.4 is 10.1 Å². The quantitative estimate of drug-likeness (QED) is 0.797. The van der Waals surface area contributed by atoms with Crippen LogP contribution in [0.3, 0.4) is 0 Å². The summed E-state index contributed by atoms with van der Waals surface area (Å²) in [5.41, 5.74) is 0. The summed E-state index contributed by atoms with van der Waals surface area (Å²) in [5.74, 6) is 1.57. The fraction of sp³-hybridized carbons (Fsp3) is 0.750. The Hall–Kier alpha value is -1.03. The van der Waals surface area contributed by atoms with Gasteiger partial charge in [-0.3, -0.25) is 4.68 Å². The van der Waals surface area contributed by atoms with Crippen LogP contribution in [-0.4, -0.2) is 29.5 Å². The summed E-state index contributed by atoms with van der Waals surface area (Å²) in [6.45, 7) is 6.21. The van der Waals surface area contributed by atoms with Crippen LogP contribution in [-0.2, 0) is 6.54 Å². The molecule has 1 aromatic rings. The molecule has 16 heavy (non-hydrogen) atoms. The summed E-state index contributed by atoms with van der Waals surface area (Å²) < 4.78 is 7.69. The van der Waals surface area contributed by atoms with Gasteiger partial charge in [0.1, 0.15) is 0 Å². The zero-order chi connectivity index (χ0) is 11.2. The minimum Gasteiger partial charge on any atom is -0.490 e. The van der Waals surface area contributed by atoms with E-state index in [0.29, 0.717) is 5.92 Å². The number of nitrogens with one attached hydrogen (secondary N) is 1. The maximum atomic E-state index is 5.73. The lowest BCUT2D eigenvalue weighted by atomic mass is 10.1. The molecule has 2 heterocycles. The number of hydrogen-bond acceptors (Lipinski definition) is 3. The summed E-state index contributed by atoms with van der Waals surface area (Å²) in [6, 6.07) is 0. The van der Waals surface area contributed by atoms with Crippen molar-refractivity contribution >= 4 is 0 Å². The van der Waals surface area contributed by atoms with Gasteiger partial charge in [-0.1, -0.05) is 13.3 Å². The highest BCUT2D eigenvalue weighted by Gasteiger charge is 2.15. The predicted octanol–water partition coefficient (Wildman–Crippen LogP) is 1.67. The second-order valence-electron chi connectivity index (χ2n) is 4.46. The summed E-state index contributed by atoms with van der Waals surface area (Å²) in [4.78, 5) is 0. The first kappa shape index (κ1) is 11.5. The Kier molecular flexibility index (Phi) is 4.22. The van der Waals surface area contributed by atoms with Gasteiger partial charge in [0, 0.05) is 19.0 Å². The van der Waals surface area contributed by atoms with Gasteiger partial charge in [-0.05, 0) is 19.4 Å². The second-order valence-corrected chi connectivity index (χ2v) is 4.46. The molecular weight excluding hydrogens is 202 g/mol. The summed E-state index contributed by atoms with van der Waals surface area (Å²) in [5, 5.41) is 7.62. The molecule has 4 heteroatoms. The van der Waals surface area contributed by atoms with E-state index in [1.165, 1.54) is 19.3 Å². The van der Waals surface area contributed by atoms with Crippen LogP contribution in [0.15, 0.2) is 12.4 Å². The molecule has 1 N–H and O–H groups in total. The molecule has 1 aromatic heterocycles. The van der Waals surface area contributed by atoms with Crippen LogP contribution in [0, 0.1) is 5.92 Å². The van der Waals surface area contributed by atoms with Crippen molar-refractivity contribution in [3.05, 3.63) is 12.4 Å². The van der Waals surface area contributed by atoms with Crippen molar-refractivity contribution in [3.63, 3.8) is 0 Å². The molecule has 90 valence electrons. The van der Waals surface area contributed by atoms with E-state index in [9.17, 15) is 0 Å². The molecule has 1 saturated heterocycles. The standard InChI is InChI=1S/C12H21N3O/c1-2-3-6-15-9-12(8-14-15)16-10-11-4-5-13-7-11/h8-9,11,13H,2-7,10H2,1H3. The van der Waals surface area contributed by atoms with Crippen LogP contribution in [0.2, 0.25) is 0 Å². The van der Waals surface area contributed by atoms with Crippen molar-refractivity contribution in [3.8, 4) is 5.75 Å². The van der Waals surface area contributed by atoms with E-state index in [1.807, 2.05) is 17.1 Å². The Morgan fingerprint density at radius 1 is 1.62 bits per heavy atom. The SMILES string of the molecule is CCCCn1cc(OCC2CCNC2)cn1. The molecule has 1 atom stereocenters. The van der Waals surface area contributed by atoms with E-state index in [4.69, 9.17) is 4.74 Å². The lowest BCUT2D eigenvalue weighted by molar-refractivity contribution is 0.259. The highest BCUT2D eigenvalue weighted by atomic mass is 16.5. The van der Waals surface area contributed by atoms with Crippen molar-refractivity contribution < 1.29 is 4.74 Å². The first-order chi connectivity index (χ1) is 7.88. The van der Waals surface area contributed by atoms with Crippen molar-refractivity contribution in [2.24, 2.45) is 5.92 Å². The van der Waals surface area contributed by atoms with E-state index >= 15 is 0 Å². The Balaban J connectivity index is 1.73. The van der Waals surface area contributed by atoms with Gasteiger partial charge < -0.3 is 10.1 Å². The van der Waals surface area contributed by atoms with Gasteiger partial charge in [0.15, 0.2) is 5.75 Å². The van der Waals surface area contributed by atoms with Gasteiger partial charge in [0.2, 0.25) is 0 Å². The smallest absolute Gasteiger partial charge is 0.157 e. The fourth-order valence-electron chi connectivity index (χ4n) is 1.93. The third kappa shape index (κ3) is 3.23. The number of ether oxygens (including phenoxy) is 1. The second kappa shape index (κ2) is 5.89. The molecule has 0 aromatic carbocycles. The van der Waals surface area contributed by atoms with E-state index in [-0.39, 0.29) is 0 Å². The van der Waals surface area contributed by atoms with Gasteiger partial charge in [-0.2, -0.15) is 5.10 Å².